The van der Waals surface area contributed by atoms with E-state index >= 15 is 0 Å². The van der Waals surface area contributed by atoms with Crippen molar-refractivity contribution in [1.29, 1.82) is 0 Å². The third kappa shape index (κ3) is 3.26. The summed E-state index contributed by atoms with van der Waals surface area (Å²) in [4.78, 5) is 15.8. The van der Waals surface area contributed by atoms with Gasteiger partial charge in [0, 0.05) is 32.2 Å². The Balaban J connectivity index is 1.90. The smallest absolute Gasteiger partial charge is 0.316 e. The largest absolute Gasteiger partial charge is 0.377 e. The minimum absolute atomic E-state index is 0.000118. The van der Waals surface area contributed by atoms with Crippen LogP contribution in [0.15, 0.2) is 0 Å². The van der Waals surface area contributed by atoms with E-state index in [0.717, 1.165) is 26.1 Å². The molecule has 2 atom stereocenters. The van der Waals surface area contributed by atoms with Crippen molar-refractivity contribution in [2.24, 2.45) is 0 Å². The number of amides is 2. The fourth-order valence-corrected chi connectivity index (χ4v) is 3.51. The Bertz CT molecular complexity index is 346. The molecule has 2 aliphatic rings. The number of hydrogen-bond donors (Lipinski definition) is 1. The quantitative estimate of drug-likeness (QED) is 0.835. The monoisotopic (exact) mass is 283 g/mol. The third-order valence-corrected chi connectivity index (χ3v) is 4.61. The summed E-state index contributed by atoms with van der Waals surface area (Å²) in [5.41, 5.74) is 0.234. The van der Waals surface area contributed by atoms with Gasteiger partial charge in [0.1, 0.15) is 0 Å². The van der Waals surface area contributed by atoms with Gasteiger partial charge in [-0.3, -0.25) is 4.90 Å². The molecule has 20 heavy (non-hydrogen) atoms. The fourth-order valence-electron chi connectivity index (χ4n) is 3.51. The number of rotatable bonds is 5. The van der Waals surface area contributed by atoms with Crippen LogP contribution in [0.2, 0.25) is 0 Å². The number of nitrogens with zero attached hydrogens (tertiary/aromatic N) is 2. The van der Waals surface area contributed by atoms with Crippen LogP contribution >= 0.6 is 0 Å². The zero-order chi connectivity index (χ0) is 14.8. The molecule has 2 heterocycles. The fraction of sp³-hybridized carbons (Fsp3) is 0.933. The summed E-state index contributed by atoms with van der Waals surface area (Å²) in [6.07, 6.45) is 5.13. The van der Waals surface area contributed by atoms with E-state index in [0.29, 0.717) is 12.1 Å². The molecule has 5 nitrogen and oxygen atoms in total. The van der Waals surface area contributed by atoms with Crippen molar-refractivity contribution in [3.8, 4) is 0 Å². The Kier molecular flexibility index (Phi) is 4.91. The average molecular weight is 283 g/mol. The highest BCUT2D eigenvalue weighted by Crippen LogP contribution is 2.42. The van der Waals surface area contributed by atoms with Gasteiger partial charge in [-0.05, 0) is 46.1 Å². The molecule has 0 aromatic heterocycles. The van der Waals surface area contributed by atoms with Crippen LogP contribution in [-0.2, 0) is 4.74 Å². The molecule has 0 unspecified atom stereocenters. The van der Waals surface area contributed by atoms with E-state index in [1.54, 1.807) is 19.0 Å². The molecule has 2 amide bonds. The molecule has 0 aromatic rings. The molecule has 0 radical (unpaired) electrons. The molecule has 0 bridgehead atoms. The highest BCUT2D eigenvalue weighted by Gasteiger charge is 2.49. The van der Waals surface area contributed by atoms with Gasteiger partial charge in [0.2, 0.25) is 0 Å². The lowest BCUT2D eigenvalue weighted by Gasteiger charge is -2.35. The van der Waals surface area contributed by atoms with Crippen LogP contribution in [0.25, 0.3) is 0 Å². The molecule has 0 aromatic carbocycles. The molecule has 2 aliphatic heterocycles. The number of nitrogens with one attached hydrogen (secondary N) is 1. The van der Waals surface area contributed by atoms with Gasteiger partial charge in [0.15, 0.2) is 0 Å². The van der Waals surface area contributed by atoms with Crippen molar-refractivity contribution in [2.45, 2.75) is 57.2 Å². The first-order valence-electron chi connectivity index (χ1n) is 7.78. The number of hydrogen-bond acceptors (Lipinski definition) is 3. The van der Waals surface area contributed by atoms with Crippen molar-refractivity contribution in [3.05, 3.63) is 0 Å². The molecule has 1 N–H and O–H groups in total. The first kappa shape index (κ1) is 15.6. The Labute approximate surface area is 122 Å². The molecule has 116 valence electrons. The number of ether oxygens (including phenoxy) is 1. The molecule has 0 spiro atoms. The van der Waals surface area contributed by atoms with Crippen LogP contribution in [0.3, 0.4) is 0 Å². The summed E-state index contributed by atoms with van der Waals surface area (Å²) < 4.78 is 5.91. The van der Waals surface area contributed by atoms with Crippen LogP contribution in [0, 0.1) is 0 Å². The number of carbonyl (C=O) groups excluding carboxylic acids is 1. The summed E-state index contributed by atoms with van der Waals surface area (Å²) >= 11 is 0. The topological polar surface area (TPSA) is 44.8 Å². The zero-order valence-corrected chi connectivity index (χ0v) is 13.3. The first-order valence-corrected chi connectivity index (χ1v) is 7.78. The van der Waals surface area contributed by atoms with Gasteiger partial charge >= 0.3 is 6.03 Å². The average Bonchev–Trinajstić information content (AvgIpc) is 2.92. The Morgan fingerprint density at radius 3 is 2.85 bits per heavy atom. The van der Waals surface area contributed by atoms with Crippen LogP contribution < -0.4 is 5.32 Å². The lowest BCUT2D eigenvalue weighted by molar-refractivity contribution is -0.00473. The van der Waals surface area contributed by atoms with Gasteiger partial charge in [-0.15, -0.1) is 0 Å². The maximum atomic E-state index is 11.7. The lowest BCUT2D eigenvalue weighted by atomic mass is 9.95. The minimum atomic E-state index is 0.000118. The maximum Gasteiger partial charge on any atom is 0.316 e. The van der Waals surface area contributed by atoms with Gasteiger partial charge in [-0.2, -0.15) is 0 Å². The van der Waals surface area contributed by atoms with Gasteiger partial charge in [-0.25, -0.2) is 4.79 Å². The van der Waals surface area contributed by atoms with Crippen LogP contribution in [0.5, 0.6) is 0 Å². The molecule has 0 aliphatic carbocycles. The minimum Gasteiger partial charge on any atom is -0.377 e. The Morgan fingerprint density at radius 1 is 1.45 bits per heavy atom. The molecule has 0 saturated carbocycles. The van der Waals surface area contributed by atoms with E-state index in [9.17, 15) is 4.79 Å². The number of urea groups is 1. The summed E-state index contributed by atoms with van der Waals surface area (Å²) in [6.45, 7) is 6.92. The predicted molar refractivity (Wildman–Crippen MR) is 79.9 cm³/mol. The van der Waals surface area contributed by atoms with Gasteiger partial charge in [-0.1, -0.05) is 0 Å². The second-order valence-electron chi connectivity index (χ2n) is 6.65. The van der Waals surface area contributed by atoms with Crippen molar-refractivity contribution in [3.63, 3.8) is 0 Å². The van der Waals surface area contributed by atoms with E-state index in [1.807, 2.05) is 0 Å². The lowest BCUT2D eigenvalue weighted by Crippen LogP contribution is -2.50. The van der Waals surface area contributed by atoms with Crippen molar-refractivity contribution < 1.29 is 9.53 Å². The summed E-state index contributed by atoms with van der Waals surface area (Å²) in [7, 11) is 3.56. The van der Waals surface area contributed by atoms with E-state index in [4.69, 9.17) is 4.74 Å². The number of fused-ring (bicyclic) bond motifs is 1. The third-order valence-electron chi connectivity index (χ3n) is 4.61. The van der Waals surface area contributed by atoms with Gasteiger partial charge < -0.3 is 15.0 Å². The first-order chi connectivity index (χ1) is 9.44. The van der Waals surface area contributed by atoms with Crippen molar-refractivity contribution in [2.75, 3.05) is 33.8 Å². The second-order valence-corrected chi connectivity index (χ2v) is 6.65. The maximum absolute atomic E-state index is 11.7. The Morgan fingerprint density at radius 2 is 2.20 bits per heavy atom. The van der Waals surface area contributed by atoms with Crippen molar-refractivity contribution in [1.82, 2.24) is 15.1 Å². The molecular weight excluding hydrogens is 254 g/mol. The number of carbonyl (C=O) groups is 1. The predicted octanol–water partition coefficient (Wildman–Crippen LogP) is 1.68. The molecule has 5 heteroatoms. The molecular formula is C15H29N3O2. The van der Waals surface area contributed by atoms with E-state index < -0.39 is 0 Å². The summed E-state index contributed by atoms with van der Waals surface area (Å²) in [5.74, 6) is 0. The zero-order valence-electron chi connectivity index (χ0n) is 13.3. The van der Waals surface area contributed by atoms with E-state index in [2.05, 4.69) is 24.1 Å². The summed E-state index contributed by atoms with van der Waals surface area (Å²) in [6, 6.07) is 0.470. The van der Waals surface area contributed by atoms with E-state index in [-0.39, 0.29) is 11.6 Å². The second kappa shape index (κ2) is 6.31. The van der Waals surface area contributed by atoms with Gasteiger partial charge in [0.25, 0.3) is 0 Å². The van der Waals surface area contributed by atoms with Crippen molar-refractivity contribution >= 4 is 6.03 Å². The highest BCUT2D eigenvalue weighted by atomic mass is 16.5. The van der Waals surface area contributed by atoms with Crippen LogP contribution in [0.4, 0.5) is 4.79 Å². The highest BCUT2D eigenvalue weighted by molar-refractivity contribution is 5.73. The standard InChI is InChI=1S/C15H29N3O2/c1-12(2)20-11-15-7-5-9-18(15)13(6-8-15)10-16-14(19)17(3)4/h12-13H,5-11H2,1-4H3,(H,16,19)/t13-,15-/m1/s1. The molecule has 2 fully saturated rings. The Hall–Kier alpha value is -0.810. The SMILES string of the molecule is CC(C)OC[C@]12CCCN1[C@@H](CNC(=O)N(C)C)CC2. The van der Waals surface area contributed by atoms with Gasteiger partial charge in [0.05, 0.1) is 12.7 Å². The summed E-state index contributed by atoms with van der Waals surface area (Å²) in [5, 5.41) is 3.02. The normalized spacial score (nSPS) is 29.8. The van der Waals surface area contributed by atoms with Crippen LogP contribution in [-0.4, -0.2) is 67.3 Å². The molecule has 2 saturated heterocycles. The molecule has 2 rings (SSSR count). The van der Waals surface area contributed by atoms with Crippen LogP contribution in [0.1, 0.15) is 39.5 Å². The van der Waals surface area contributed by atoms with E-state index in [1.165, 1.54) is 19.3 Å².